The van der Waals surface area contributed by atoms with E-state index >= 15 is 0 Å². The first-order valence-corrected chi connectivity index (χ1v) is 4.56. The second kappa shape index (κ2) is 3.70. The van der Waals surface area contributed by atoms with Gasteiger partial charge in [0.1, 0.15) is 0 Å². The Labute approximate surface area is 86.9 Å². The molecule has 2 aromatic rings. The molecule has 0 fully saturated rings. The minimum Gasteiger partial charge on any atom is -0.357 e. The van der Waals surface area contributed by atoms with Gasteiger partial charge in [-0.05, 0) is 0 Å². The number of anilines is 2. The number of hydrazine groups is 1. The van der Waals surface area contributed by atoms with Gasteiger partial charge in [0, 0.05) is 21.1 Å². The number of rotatable bonds is 3. The highest BCUT2D eigenvalue weighted by Gasteiger charge is 2.10. The van der Waals surface area contributed by atoms with E-state index in [1.54, 1.807) is 20.4 Å². The molecule has 0 amide bonds. The predicted molar refractivity (Wildman–Crippen MR) is 58.5 cm³/mol. The molecular formula is C8H13N7. The Morgan fingerprint density at radius 1 is 1.27 bits per heavy atom. The number of aromatic nitrogens is 4. The summed E-state index contributed by atoms with van der Waals surface area (Å²) in [4.78, 5) is 12.8. The van der Waals surface area contributed by atoms with E-state index in [1.807, 2.05) is 11.6 Å². The summed E-state index contributed by atoms with van der Waals surface area (Å²) < 4.78 is 1.85. The summed E-state index contributed by atoms with van der Waals surface area (Å²) in [6.45, 7) is 0. The zero-order valence-electron chi connectivity index (χ0n) is 8.87. The second-order valence-electron chi connectivity index (χ2n) is 3.05. The van der Waals surface area contributed by atoms with Gasteiger partial charge >= 0.3 is 0 Å². The van der Waals surface area contributed by atoms with Crippen molar-refractivity contribution < 1.29 is 0 Å². The lowest BCUT2D eigenvalue weighted by Crippen LogP contribution is -2.17. The first-order valence-electron chi connectivity index (χ1n) is 4.56. The number of hydrogen-bond acceptors (Lipinski definition) is 6. The van der Waals surface area contributed by atoms with Crippen molar-refractivity contribution in [1.82, 2.24) is 24.9 Å². The van der Waals surface area contributed by atoms with Gasteiger partial charge in [0.25, 0.3) is 0 Å². The van der Waals surface area contributed by atoms with Crippen LogP contribution in [0.15, 0.2) is 6.33 Å². The quantitative estimate of drug-likeness (QED) is 0.612. The SMILES string of the molecule is CNNc1nc(NC)nc2c1ncn2C. The number of imidazole rings is 1. The van der Waals surface area contributed by atoms with E-state index in [0.717, 1.165) is 11.2 Å². The molecule has 0 aliphatic rings. The van der Waals surface area contributed by atoms with Gasteiger partial charge in [0.05, 0.1) is 6.33 Å². The van der Waals surface area contributed by atoms with E-state index in [-0.39, 0.29) is 0 Å². The Balaban J connectivity index is 2.65. The Hall–Kier alpha value is -1.89. The van der Waals surface area contributed by atoms with Crippen molar-refractivity contribution in [2.24, 2.45) is 7.05 Å². The molecule has 0 saturated heterocycles. The third-order valence-corrected chi connectivity index (χ3v) is 2.03. The number of fused-ring (bicyclic) bond motifs is 1. The lowest BCUT2D eigenvalue weighted by atomic mass is 10.5. The minimum atomic E-state index is 0.559. The Morgan fingerprint density at radius 2 is 2.07 bits per heavy atom. The molecule has 0 aliphatic carbocycles. The molecule has 0 atom stereocenters. The highest BCUT2D eigenvalue weighted by atomic mass is 15.4. The molecule has 0 aliphatic heterocycles. The fourth-order valence-corrected chi connectivity index (χ4v) is 1.32. The molecule has 7 nitrogen and oxygen atoms in total. The van der Waals surface area contributed by atoms with Crippen LogP contribution in [0.3, 0.4) is 0 Å². The van der Waals surface area contributed by atoms with E-state index in [1.165, 1.54) is 0 Å². The fraction of sp³-hybridized carbons (Fsp3) is 0.375. The number of aryl methyl sites for hydroxylation is 1. The average molecular weight is 207 g/mol. The van der Waals surface area contributed by atoms with Crippen molar-refractivity contribution in [3.8, 4) is 0 Å². The van der Waals surface area contributed by atoms with Crippen LogP contribution in [0.2, 0.25) is 0 Å². The molecular weight excluding hydrogens is 194 g/mol. The summed E-state index contributed by atoms with van der Waals surface area (Å²) in [5.41, 5.74) is 7.27. The third kappa shape index (κ3) is 1.57. The normalized spacial score (nSPS) is 10.6. The Morgan fingerprint density at radius 3 is 2.73 bits per heavy atom. The molecule has 0 spiro atoms. The van der Waals surface area contributed by atoms with Gasteiger partial charge in [-0.2, -0.15) is 9.97 Å². The maximum atomic E-state index is 4.31. The highest BCUT2D eigenvalue weighted by molar-refractivity contribution is 5.83. The molecule has 7 heteroatoms. The second-order valence-corrected chi connectivity index (χ2v) is 3.05. The lowest BCUT2D eigenvalue weighted by molar-refractivity contribution is 0.926. The highest BCUT2D eigenvalue weighted by Crippen LogP contribution is 2.18. The number of nitrogens with one attached hydrogen (secondary N) is 3. The van der Waals surface area contributed by atoms with Crippen molar-refractivity contribution in [3.05, 3.63) is 6.33 Å². The average Bonchev–Trinajstić information content (AvgIpc) is 2.61. The van der Waals surface area contributed by atoms with Crippen molar-refractivity contribution in [1.29, 1.82) is 0 Å². The van der Waals surface area contributed by atoms with Gasteiger partial charge in [0.15, 0.2) is 17.0 Å². The summed E-state index contributed by atoms with van der Waals surface area (Å²) >= 11 is 0. The molecule has 0 aromatic carbocycles. The van der Waals surface area contributed by atoms with Crippen molar-refractivity contribution in [2.75, 3.05) is 24.8 Å². The van der Waals surface area contributed by atoms with Crippen LogP contribution in [0.4, 0.5) is 11.8 Å². The maximum Gasteiger partial charge on any atom is 0.226 e. The van der Waals surface area contributed by atoms with E-state index in [4.69, 9.17) is 0 Å². The van der Waals surface area contributed by atoms with Gasteiger partial charge in [0.2, 0.25) is 5.95 Å². The smallest absolute Gasteiger partial charge is 0.226 e. The zero-order valence-corrected chi connectivity index (χ0v) is 8.87. The molecule has 2 aromatic heterocycles. The van der Waals surface area contributed by atoms with E-state index < -0.39 is 0 Å². The molecule has 0 bridgehead atoms. The van der Waals surface area contributed by atoms with Gasteiger partial charge in [-0.3, -0.25) is 0 Å². The topological polar surface area (TPSA) is 79.7 Å². The van der Waals surface area contributed by atoms with Crippen LogP contribution in [0.5, 0.6) is 0 Å². The number of nitrogens with zero attached hydrogens (tertiary/aromatic N) is 4. The summed E-state index contributed by atoms with van der Waals surface area (Å²) in [6, 6.07) is 0. The maximum absolute atomic E-state index is 4.31. The summed E-state index contributed by atoms with van der Waals surface area (Å²) in [5.74, 6) is 1.22. The fourth-order valence-electron chi connectivity index (χ4n) is 1.32. The van der Waals surface area contributed by atoms with Crippen LogP contribution in [0.25, 0.3) is 11.2 Å². The molecule has 2 heterocycles. The van der Waals surface area contributed by atoms with E-state index in [0.29, 0.717) is 11.8 Å². The molecule has 0 saturated carbocycles. The molecule has 0 unspecified atom stereocenters. The largest absolute Gasteiger partial charge is 0.357 e. The van der Waals surface area contributed by atoms with Crippen molar-refractivity contribution in [3.63, 3.8) is 0 Å². The van der Waals surface area contributed by atoms with Crippen LogP contribution < -0.4 is 16.2 Å². The Kier molecular flexibility index (Phi) is 2.38. The third-order valence-electron chi connectivity index (χ3n) is 2.03. The van der Waals surface area contributed by atoms with Gasteiger partial charge in [-0.25, -0.2) is 10.4 Å². The van der Waals surface area contributed by atoms with Crippen LogP contribution in [0, 0.1) is 0 Å². The molecule has 2 rings (SSSR count). The molecule has 80 valence electrons. The minimum absolute atomic E-state index is 0.559. The monoisotopic (exact) mass is 207 g/mol. The summed E-state index contributed by atoms with van der Waals surface area (Å²) in [6.07, 6.45) is 1.71. The lowest BCUT2D eigenvalue weighted by Gasteiger charge is -2.06. The van der Waals surface area contributed by atoms with Crippen molar-refractivity contribution >= 4 is 22.9 Å². The summed E-state index contributed by atoms with van der Waals surface area (Å²) in [5, 5.41) is 2.90. The van der Waals surface area contributed by atoms with Gasteiger partial charge in [-0.1, -0.05) is 0 Å². The van der Waals surface area contributed by atoms with Crippen LogP contribution in [-0.2, 0) is 7.05 Å². The van der Waals surface area contributed by atoms with Gasteiger partial charge < -0.3 is 15.3 Å². The Bertz CT molecular complexity index is 475. The van der Waals surface area contributed by atoms with E-state index in [2.05, 4.69) is 31.1 Å². The summed E-state index contributed by atoms with van der Waals surface area (Å²) in [7, 11) is 5.45. The first-order chi connectivity index (χ1) is 7.26. The standard InChI is InChI=1S/C8H13N7/c1-9-8-12-6(14-10-2)5-7(13-8)15(3)4-11-5/h4,10H,1-3H3,(H2,9,12,13,14). The molecule has 0 radical (unpaired) electrons. The first kappa shape index (κ1) is 9.66. The molecule has 15 heavy (non-hydrogen) atoms. The number of hydrogen-bond donors (Lipinski definition) is 3. The van der Waals surface area contributed by atoms with E-state index in [9.17, 15) is 0 Å². The van der Waals surface area contributed by atoms with Crippen LogP contribution in [-0.4, -0.2) is 33.6 Å². The molecule has 3 N–H and O–H groups in total. The van der Waals surface area contributed by atoms with Gasteiger partial charge in [-0.15, -0.1) is 0 Å². The van der Waals surface area contributed by atoms with Crippen molar-refractivity contribution in [2.45, 2.75) is 0 Å². The predicted octanol–water partition coefficient (Wildman–Crippen LogP) is -0.0487. The zero-order chi connectivity index (χ0) is 10.8. The van der Waals surface area contributed by atoms with Crippen LogP contribution >= 0.6 is 0 Å². The van der Waals surface area contributed by atoms with Crippen LogP contribution in [0.1, 0.15) is 0 Å².